The van der Waals surface area contributed by atoms with Crippen molar-refractivity contribution in [3.8, 4) is 11.5 Å². The molecule has 0 atom stereocenters. The standard InChI is InChI=1S/C14H21NO5S/c16-8-4-2-1-3-7-15-21(17,18)12-5-6-13-14(11-12)20-10-9-19-13/h5-6,11,15-16H,1-4,7-10H2. The summed E-state index contributed by atoms with van der Waals surface area (Å²) in [6.45, 7) is 1.48. The van der Waals surface area contributed by atoms with Crippen LogP contribution in [-0.2, 0) is 10.0 Å². The van der Waals surface area contributed by atoms with E-state index in [9.17, 15) is 8.42 Å². The molecule has 6 nitrogen and oxygen atoms in total. The molecule has 7 heteroatoms. The van der Waals surface area contributed by atoms with Crippen LogP contribution in [0, 0.1) is 0 Å². The average Bonchev–Trinajstić information content (AvgIpc) is 2.50. The second-order valence-corrected chi connectivity index (χ2v) is 6.61. The van der Waals surface area contributed by atoms with Crippen LogP contribution in [0.2, 0.25) is 0 Å². The first-order valence-corrected chi connectivity index (χ1v) is 8.62. The van der Waals surface area contributed by atoms with E-state index in [2.05, 4.69) is 4.72 Å². The first-order chi connectivity index (χ1) is 10.1. The van der Waals surface area contributed by atoms with Crippen molar-refractivity contribution in [2.75, 3.05) is 26.4 Å². The fraction of sp³-hybridized carbons (Fsp3) is 0.571. The number of unbranched alkanes of at least 4 members (excludes halogenated alkanes) is 3. The second kappa shape index (κ2) is 7.63. The normalized spacial score (nSPS) is 14.1. The molecule has 1 aliphatic heterocycles. The van der Waals surface area contributed by atoms with Gasteiger partial charge < -0.3 is 14.6 Å². The highest BCUT2D eigenvalue weighted by Gasteiger charge is 2.18. The number of hydrogen-bond donors (Lipinski definition) is 2. The van der Waals surface area contributed by atoms with Crippen molar-refractivity contribution in [2.45, 2.75) is 30.6 Å². The molecule has 2 N–H and O–H groups in total. The van der Waals surface area contributed by atoms with Gasteiger partial charge in [0.1, 0.15) is 13.2 Å². The molecular weight excluding hydrogens is 294 g/mol. The van der Waals surface area contributed by atoms with Gasteiger partial charge in [0.05, 0.1) is 4.90 Å². The lowest BCUT2D eigenvalue weighted by atomic mass is 10.2. The molecule has 1 aromatic rings. The molecule has 0 unspecified atom stereocenters. The Bertz CT molecular complexity index is 558. The molecular formula is C14H21NO5S. The molecule has 0 spiro atoms. The van der Waals surface area contributed by atoms with Crippen LogP contribution >= 0.6 is 0 Å². The highest BCUT2D eigenvalue weighted by Crippen LogP contribution is 2.32. The SMILES string of the molecule is O=S(=O)(NCCCCCCO)c1ccc2c(c1)OCCO2. The zero-order valence-corrected chi connectivity index (χ0v) is 12.7. The Morgan fingerprint density at radius 2 is 1.76 bits per heavy atom. The fourth-order valence-electron chi connectivity index (χ4n) is 2.07. The number of hydrogen-bond acceptors (Lipinski definition) is 5. The molecule has 0 saturated heterocycles. The van der Waals surface area contributed by atoms with Crippen molar-refractivity contribution in [1.29, 1.82) is 0 Å². The van der Waals surface area contributed by atoms with Crippen molar-refractivity contribution in [3.05, 3.63) is 18.2 Å². The van der Waals surface area contributed by atoms with E-state index < -0.39 is 10.0 Å². The van der Waals surface area contributed by atoms with Crippen LogP contribution < -0.4 is 14.2 Å². The molecule has 0 fully saturated rings. The van der Waals surface area contributed by atoms with Crippen LogP contribution in [0.25, 0.3) is 0 Å². The van der Waals surface area contributed by atoms with E-state index in [1.165, 1.54) is 12.1 Å². The van der Waals surface area contributed by atoms with Gasteiger partial charge in [-0.1, -0.05) is 12.8 Å². The molecule has 0 radical (unpaired) electrons. The van der Waals surface area contributed by atoms with Crippen molar-refractivity contribution in [1.82, 2.24) is 4.72 Å². The second-order valence-electron chi connectivity index (χ2n) is 4.84. The first-order valence-electron chi connectivity index (χ1n) is 7.13. The summed E-state index contributed by atoms with van der Waals surface area (Å²) in [7, 11) is -3.52. The Morgan fingerprint density at radius 3 is 2.52 bits per heavy atom. The number of rotatable bonds is 8. The highest BCUT2D eigenvalue weighted by molar-refractivity contribution is 7.89. The molecule has 21 heavy (non-hydrogen) atoms. The van der Waals surface area contributed by atoms with Crippen LogP contribution in [0.1, 0.15) is 25.7 Å². The molecule has 1 heterocycles. The molecule has 0 aromatic heterocycles. The predicted octanol–water partition coefficient (Wildman–Crippen LogP) is 1.29. The summed E-state index contributed by atoms with van der Waals surface area (Å²) >= 11 is 0. The van der Waals surface area contributed by atoms with Crippen LogP contribution in [0.4, 0.5) is 0 Å². The lowest BCUT2D eigenvalue weighted by Crippen LogP contribution is -2.25. The summed E-state index contributed by atoms with van der Waals surface area (Å²) in [4.78, 5) is 0.183. The van der Waals surface area contributed by atoms with Crippen LogP contribution in [0.5, 0.6) is 11.5 Å². The minimum Gasteiger partial charge on any atom is -0.486 e. The van der Waals surface area contributed by atoms with Crippen LogP contribution in [-0.4, -0.2) is 39.9 Å². The summed E-state index contributed by atoms with van der Waals surface area (Å²) in [5.41, 5.74) is 0. The van der Waals surface area contributed by atoms with Gasteiger partial charge in [0, 0.05) is 19.2 Å². The summed E-state index contributed by atoms with van der Waals surface area (Å²) in [6, 6.07) is 4.62. The maximum Gasteiger partial charge on any atom is 0.240 e. The number of benzene rings is 1. The molecule has 0 aliphatic carbocycles. The smallest absolute Gasteiger partial charge is 0.240 e. The summed E-state index contributed by atoms with van der Waals surface area (Å²) in [5, 5.41) is 8.66. The van der Waals surface area contributed by atoms with Crippen molar-refractivity contribution in [2.24, 2.45) is 0 Å². The molecule has 0 bridgehead atoms. The largest absolute Gasteiger partial charge is 0.486 e. The van der Waals surface area contributed by atoms with Gasteiger partial charge in [-0.3, -0.25) is 0 Å². The van der Waals surface area contributed by atoms with E-state index in [0.717, 1.165) is 25.7 Å². The van der Waals surface area contributed by atoms with E-state index in [1.807, 2.05) is 0 Å². The predicted molar refractivity (Wildman–Crippen MR) is 78.2 cm³/mol. The van der Waals surface area contributed by atoms with Crippen LogP contribution in [0.3, 0.4) is 0 Å². The van der Waals surface area contributed by atoms with Crippen molar-refractivity contribution >= 4 is 10.0 Å². The van der Waals surface area contributed by atoms with Gasteiger partial charge in [-0.25, -0.2) is 13.1 Å². The average molecular weight is 315 g/mol. The lowest BCUT2D eigenvalue weighted by molar-refractivity contribution is 0.171. The number of aliphatic hydroxyl groups excluding tert-OH is 1. The lowest BCUT2D eigenvalue weighted by Gasteiger charge is -2.18. The van der Waals surface area contributed by atoms with E-state index in [-0.39, 0.29) is 11.5 Å². The minimum atomic E-state index is -3.52. The Labute approximate surface area is 125 Å². The maximum atomic E-state index is 12.2. The first kappa shape index (κ1) is 16.1. The van der Waals surface area contributed by atoms with E-state index in [1.54, 1.807) is 6.07 Å². The molecule has 1 aromatic carbocycles. The van der Waals surface area contributed by atoms with Gasteiger partial charge in [-0.15, -0.1) is 0 Å². The zero-order valence-electron chi connectivity index (χ0n) is 11.9. The number of ether oxygens (including phenoxy) is 2. The Kier molecular flexibility index (Phi) is 5.84. The number of aliphatic hydroxyl groups is 1. The monoisotopic (exact) mass is 315 g/mol. The van der Waals surface area contributed by atoms with Gasteiger partial charge in [0.2, 0.25) is 10.0 Å². The summed E-state index contributed by atoms with van der Waals surface area (Å²) in [6.07, 6.45) is 3.31. The fourth-order valence-corrected chi connectivity index (χ4v) is 3.16. The highest BCUT2D eigenvalue weighted by atomic mass is 32.2. The third-order valence-corrected chi connectivity index (χ3v) is 4.66. The van der Waals surface area contributed by atoms with E-state index >= 15 is 0 Å². The Hall–Kier alpha value is -1.31. The topological polar surface area (TPSA) is 84.9 Å². The molecule has 2 rings (SSSR count). The van der Waals surface area contributed by atoms with Crippen LogP contribution in [0.15, 0.2) is 23.1 Å². The minimum absolute atomic E-state index is 0.183. The van der Waals surface area contributed by atoms with Crippen molar-refractivity contribution < 1.29 is 23.0 Å². The third-order valence-electron chi connectivity index (χ3n) is 3.20. The summed E-state index contributed by atoms with van der Waals surface area (Å²) < 4.78 is 37.6. The molecule has 0 saturated carbocycles. The molecule has 118 valence electrons. The van der Waals surface area contributed by atoms with Gasteiger partial charge in [0.15, 0.2) is 11.5 Å². The Balaban J connectivity index is 1.90. The van der Waals surface area contributed by atoms with Crippen molar-refractivity contribution in [3.63, 3.8) is 0 Å². The van der Waals surface area contributed by atoms with E-state index in [4.69, 9.17) is 14.6 Å². The zero-order chi connectivity index (χ0) is 15.1. The number of nitrogens with one attached hydrogen (secondary N) is 1. The molecule has 0 amide bonds. The van der Waals surface area contributed by atoms with Gasteiger partial charge in [-0.05, 0) is 25.0 Å². The van der Waals surface area contributed by atoms with Gasteiger partial charge in [0.25, 0.3) is 0 Å². The third kappa shape index (κ3) is 4.59. The van der Waals surface area contributed by atoms with Gasteiger partial charge >= 0.3 is 0 Å². The number of fused-ring (bicyclic) bond motifs is 1. The summed E-state index contributed by atoms with van der Waals surface area (Å²) in [5.74, 6) is 1.04. The van der Waals surface area contributed by atoms with E-state index in [0.29, 0.717) is 31.3 Å². The Morgan fingerprint density at radius 1 is 1.05 bits per heavy atom. The van der Waals surface area contributed by atoms with Gasteiger partial charge in [-0.2, -0.15) is 0 Å². The number of sulfonamides is 1. The maximum absolute atomic E-state index is 12.2. The molecule has 1 aliphatic rings. The quantitative estimate of drug-likeness (QED) is 0.706.